The summed E-state index contributed by atoms with van der Waals surface area (Å²) in [5, 5.41) is 8.61. The quantitative estimate of drug-likeness (QED) is 0.907. The minimum Gasteiger partial charge on any atom is -0.481 e. The third kappa shape index (κ3) is 5.10. The summed E-state index contributed by atoms with van der Waals surface area (Å²) in [6, 6.07) is 6.79. The molecule has 0 amide bonds. The van der Waals surface area contributed by atoms with Crippen molar-refractivity contribution in [2.75, 3.05) is 19.6 Å². The molecule has 0 atom stereocenters. The van der Waals surface area contributed by atoms with E-state index < -0.39 is 5.97 Å². The zero-order valence-electron chi connectivity index (χ0n) is 11.4. The van der Waals surface area contributed by atoms with Gasteiger partial charge in [0.05, 0.1) is 0 Å². The maximum absolute atomic E-state index is 12.9. The summed E-state index contributed by atoms with van der Waals surface area (Å²) in [6.07, 6.45) is 3.10. The second-order valence-electron chi connectivity index (χ2n) is 5.16. The third-order valence-corrected chi connectivity index (χ3v) is 3.79. The molecule has 1 saturated heterocycles. The van der Waals surface area contributed by atoms with E-state index in [0.717, 1.165) is 38.9 Å². The zero-order chi connectivity index (χ0) is 13.7. The molecule has 0 unspecified atom stereocenters. The molecule has 20 heavy (non-hydrogen) atoms. The molecule has 1 aromatic carbocycles. The van der Waals surface area contributed by atoms with E-state index in [1.165, 1.54) is 17.7 Å². The molecule has 0 aromatic heterocycles. The van der Waals surface area contributed by atoms with Crippen LogP contribution in [0.15, 0.2) is 24.3 Å². The molecule has 0 aliphatic carbocycles. The van der Waals surface area contributed by atoms with Gasteiger partial charge in [-0.2, -0.15) is 0 Å². The molecular weight excluding hydrogens is 281 g/mol. The van der Waals surface area contributed by atoms with E-state index in [-0.39, 0.29) is 24.6 Å². The molecule has 2 rings (SSSR count). The van der Waals surface area contributed by atoms with E-state index >= 15 is 0 Å². The zero-order valence-corrected chi connectivity index (χ0v) is 12.2. The summed E-state index contributed by atoms with van der Waals surface area (Å²) in [5.41, 5.74) is 1.21. The molecular formula is C15H21ClFNO2. The summed E-state index contributed by atoms with van der Waals surface area (Å²) in [6.45, 7) is 2.87. The van der Waals surface area contributed by atoms with Crippen molar-refractivity contribution in [1.29, 1.82) is 0 Å². The number of hydrogen-bond donors (Lipinski definition) is 1. The molecule has 1 heterocycles. The normalized spacial score (nSPS) is 16.6. The Hall–Kier alpha value is -1.13. The first-order chi connectivity index (χ1) is 9.15. The molecule has 0 radical (unpaired) electrons. The van der Waals surface area contributed by atoms with Crippen LogP contribution in [0, 0.1) is 5.82 Å². The van der Waals surface area contributed by atoms with Gasteiger partial charge in [0.25, 0.3) is 0 Å². The molecule has 1 aromatic rings. The Balaban J connectivity index is 0.00000200. The second kappa shape index (κ2) is 8.22. The first-order valence-corrected chi connectivity index (χ1v) is 6.85. The van der Waals surface area contributed by atoms with E-state index in [9.17, 15) is 9.18 Å². The van der Waals surface area contributed by atoms with Crippen LogP contribution in [0.5, 0.6) is 0 Å². The smallest absolute Gasteiger partial charge is 0.303 e. The summed E-state index contributed by atoms with van der Waals surface area (Å²) < 4.78 is 12.9. The van der Waals surface area contributed by atoms with Crippen LogP contribution >= 0.6 is 12.4 Å². The molecule has 0 bridgehead atoms. The van der Waals surface area contributed by atoms with Crippen molar-refractivity contribution in [2.45, 2.75) is 31.6 Å². The molecule has 112 valence electrons. The molecule has 1 N–H and O–H groups in total. The first-order valence-electron chi connectivity index (χ1n) is 6.85. The van der Waals surface area contributed by atoms with Crippen molar-refractivity contribution in [2.24, 2.45) is 0 Å². The van der Waals surface area contributed by atoms with Crippen molar-refractivity contribution in [3.63, 3.8) is 0 Å². The van der Waals surface area contributed by atoms with E-state index in [4.69, 9.17) is 5.11 Å². The lowest BCUT2D eigenvalue weighted by atomic mass is 9.89. The molecule has 5 heteroatoms. The van der Waals surface area contributed by atoms with Crippen molar-refractivity contribution in [1.82, 2.24) is 4.90 Å². The predicted molar refractivity (Wildman–Crippen MR) is 78.9 cm³/mol. The van der Waals surface area contributed by atoms with Gasteiger partial charge < -0.3 is 10.0 Å². The number of rotatable bonds is 5. The number of carboxylic acid groups (broad SMARTS) is 1. The van der Waals surface area contributed by atoms with E-state index in [1.807, 2.05) is 12.1 Å². The third-order valence-electron chi connectivity index (χ3n) is 3.79. The number of likely N-dealkylation sites (tertiary alicyclic amines) is 1. The number of hydrogen-bond acceptors (Lipinski definition) is 2. The monoisotopic (exact) mass is 301 g/mol. The van der Waals surface area contributed by atoms with E-state index in [0.29, 0.717) is 5.92 Å². The number of carbonyl (C=O) groups is 1. The number of halogens is 2. The van der Waals surface area contributed by atoms with Gasteiger partial charge in [0.15, 0.2) is 0 Å². The van der Waals surface area contributed by atoms with Crippen molar-refractivity contribution < 1.29 is 14.3 Å². The summed E-state index contributed by atoms with van der Waals surface area (Å²) in [7, 11) is 0. The van der Waals surface area contributed by atoms with Crippen LogP contribution in [0.4, 0.5) is 4.39 Å². The predicted octanol–water partition coefficient (Wildman–Crippen LogP) is 3.29. The Bertz CT molecular complexity index is 416. The van der Waals surface area contributed by atoms with Gasteiger partial charge in [-0.25, -0.2) is 4.39 Å². The van der Waals surface area contributed by atoms with Gasteiger partial charge >= 0.3 is 5.97 Å². The summed E-state index contributed by atoms with van der Waals surface area (Å²) in [4.78, 5) is 12.8. The fraction of sp³-hybridized carbons (Fsp3) is 0.533. The Kier molecular flexibility index (Phi) is 6.96. The summed E-state index contributed by atoms with van der Waals surface area (Å²) >= 11 is 0. The Morgan fingerprint density at radius 2 is 1.85 bits per heavy atom. The molecule has 0 spiro atoms. The maximum Gasteiger partial charge on any atom is 0.303 e. The highest BCUT2D eigenvalue weighted by Crippen LogP contribution is 2.28. The fourth-order valence-electron chi connectivity index (χ4n) is 2.68. The minimum absolute atomic E-state index is 0. The maximum atomic E-state index is 12.9. The average Bonchev–Trinajstić information content (AvgIpc) is 2.40. The van der Waals surface area contributed by atoms with Gasteiger partial charge in [-0.05, 0) is 62.5 Å². The van der Waals surface area contributed by atoms with E-state index in [2.05, 4.69) is 4.90 Å². The first kappa shape index (κ1) is 16.9. The highest BCUT2D eigenvalue weighted by atomic mass is 35.5. The molecule has 3 nitrogen and oxygen atoms in total. The lowest BCUT2D eigenvalue weighted by molar-refractivity contribution is -0.137. The largest absolute Gasteiger partial charge is 0.481 e. The van der Waals surface area contributed by atoms with Crippen LogP contribution in [0.1, 0.15) is 37.2 Å². The second-order valence-corrected chi connectivity index (χ2v) is 5.16. The van der Waals surface area contributed by atoms with Crippen molar-refractivity contribution in [3.05, 3.63) is 35.6 Å². The number of nitrogens with zero attached hydrogens (tertiary/aromatic N) is 1. The van der Waals surface area contributed by atoms with Crippen LogP contribution < -0.4 is 0 Å². The molecule has 1 fully saturated rings. The number of aliphatic carboxylic acids is 1. The van der Waals surface area contributed by atoms with Crippen LogP contribution in [-0.2, 0) is 4.79 Å². The molecule has 1 aliphatic heterocycles. The Labute approximate surface area is 125 Å². The minimum atomic E-state index is -0.721. The standard InChI is InChI=1S/C15H20FNO2.ClH/c16-14-5-3-12(4-6-14)13-7-10-17(11-8-13)9-1-2-15(18)19;/h3-6,13H,1-2,7-11H2,(H,18,19);1H. The topological polar surface area (TPSA) is 40.5 Å². The van der Waals surface area contributed by atoms with Gasteiger partial charge in [0.2, 0.25) is 0 Å². The van der Waals surface area contributed by atoms with Gasteiger partial charge in [-0.1, -0.05) is 12.1 Å². The Morgan fingerprint density at radius 3 is 2.40 bits per heavy atom. The van der Waals surface area contributed by atoms with Gasteiger partial charge in [-0.15, -0.1) is 12.4 Å². The van der Waals surface area contributed by atoms with Gasteiger partial charge in [0, 0.05) is 6.42 Å². The van der Waals surface area contributed by atoms with Gasteiger partial charge in [0.1, 0.15) is 5.82 Å². The van der Waals surface area contributed by atoms with Gasteiger partial charge in [-0.3, -0.25) is 4.79 Å². The lowest BCUT2D eigenvalue weighted by Crippen LogP contribution is -2.33. The van der Waals surface area contributed by atoms with Crippen LogP contribution in [0.3, 0.4) is 0 Å². The van der Waals surface area contributed by atoms with Crippen molar-refractivity contribution >= 4 is 18.4 Å². The molecule has 0 saturated carbocycles. The Morgan fingerprint density at radius 1 is 1.25 bits per heavy atom. The van der Waals surface area contributed by atoms with Crippen LogP contribution in [0.25, 0.3) is 0 Å². The molecule has 1 aliphatic rings. The number of benzene rings is 1. The average molecular weight is 302 g/mol. The SMILES string of the molecule is Cl.O=C(O)CCCN1CCC(c2ccc(F)cc2)CC1. The fourth-order valence-corrected chi connectivity index (χ4v) is 2.68. The highest BCUT2D eigenvalue weighted by Gasteiger charge is 2.20. The number of piperidine rings is 1. The van der Waals surface area contributed by atoms with Crippen LogP contribution in [0.2, 0.25) is 0 Å². The highest BCUT2D eigenvalue weighted by molar-refractivity contribution is 5.85. The number of carboxylic acids is 1. The summed E-state index contributed by atoms with van der Waals surface area (Å²) in [5.74, 6) is -0.396. The van der Waals surface area contributed by atoms with E-state index in [1.54, 1.807) is 0 Å². The van der Waals surface area contributed by atoms with Crippen molar-refractivity contribution in [3.8, 4) is 0 Å². The lowest BCUT2D eigenvalue weighted by Gasteiger charge is -2.32. The van der Waals surface area contributed by atoms with Crippen LogP contribution in [-0.4, -0.2) is 35.6 Å².